The van der Waals surface area contributed by atoms with Crippen molar-refractivity contribution < 1.29 is 9.53 Å². The molecule has 8 heteroatoms. The highest BCUT2D eigenvalue weighted by Gasteiger charge is 2.41. The highest BCUT2D eigenvalue weighted by atomic mass is 32.1. The van der Waals surface area contributed by atoms with E-state index in [-0.39, 0.29) is 24.4 Å². The van der Waals surface area contributed by atoms with E-state index in [1.165, 1.54) is 0 Å². The summed E-state index contributed by atoms with van der Waals surface area (Å²) in [7, 11) is 1.66. The third-order valence-corrected chi connectivity index (χ3v) is 7.93. The molecular formula is C33H31N5O2S. The normalized spacial score (nSPS) is 16.5. The summed E-state index contributed by atoms with van der Waals surface area (Å²) < 4.78 is 7.62. The highest BCUT2D eigenvalue weighted by Crippen LogP contribution is 2.40. The van der Waals surface area contributed by atoms with Gasteiger partial charge in [-0.25, -0.2) is 0 Å². The zero-order chi connectivity index (χ0) is 28.3. The Bertz CT molecular complexity index is 1700. The second kappa shape index (κ2) is 11.4. The van der Waals surface area contributed by atoms with Crippen molar-refractivity contribution in [3.63, 3.8) is 0 Å². The molecule has 0 radical (unpaired) electrons. The van der Waals surface area contributed by atoms with E-state index in [1.807, 2.05) is 84.9 Å². The molecule has 2 aromatic heterocycles. The van der Waals surface area contributed by atoms with E-state index in [9.17, 15) is 4.79 Å². The van der Waals surface area contributed by atoms with Gasteiger partial charge in [0.2, 0.25) is 5.91 Å². The third-order valence-electron chi connectivity index (χ3n) is 7.58. The molecule has 0 spiro atoms. The van der Waals surface area contributed by atoms with Crippen molar-refractivity contribution in [1.82, 2.24) is 19.8 Å². The number of anilines is 1. The molecule has 6 rings (SSSR count). The predicted octanol–water partition coefficient (Wildman–Crippen LogP) is 6.34. The van der Waals surface area contributed by atoms with Crippen LogP contribution in [0, 0.1) is 6.92 Å². The predicted molar refractivity (Wildman–Crippen MR) is 166 cm³/mol. The maximum atomic E-state index is 13.2. The number of hydrogen-bond donors (Lipinski definition) is 2. The number of ether oxygens (including phenoxy) is 1. The van der Waals surface area contributed by atoms with Crippen LogP contribution in [0.3, 0.4) is 0 Å². The zero-order valence-electron chi connectivity index (χ0n) is 23.0. The number of amides is 1. The molecule has 1 fully saturated rings. The maximum absolute atomic E-state index is 13.2. The van der Waals surface area contributed by atoms with Gasteiger partial charge in [0, 0.05) is 47.3 Å². The number of thiocarbonyl (C=S) groups is 1. The number of carbonyl (C=O) groups is 1. The van der Waals surface area contributed by atoms with E-state index in [0.29, 0.717) is 11.7 Å². The number of carbonyl (C=O) groups excluding carboxylic acids is 1. The lowest BCUT2D eigenvalue weighted by Gasteiger charge is -2.29. The van der Waals surface area contributed by atoms with Gasteiger partial charge in [-0.15, -0.1) is 0 Å². The largest absolute Gasteiger partial charge is 0.497 e. The van der Waals surface area contributed by atoms with Crippen molar-refractivity contribution in [2.24, 2.45) is 0 Å². The van der Waals surface area contributed by atoms with Crippen molar-refractivity contribution in [2.45, 2.75) is 25.4 Å². The SMILES string of the molecule is COc1ccc(-n2c(C)ccc2[C@@H]2[C@@H](c3ccccn3)NC(=S)N2CCC(=O)Nc2cccc3ccccc23)cc1. The Labute approximate surface area is 244 Å². The first-order valence-electron chi connectivity index (χ1n) is 13.6. The van der Waals surface area contributed by atoms with Crippen molar-refractivity contribution in [3.05, 3.63) is 120 Å². The lowest BCUT2D eigenvalue weighted by atomic mass is 10.0. The van der Waals surface area contributed by atoms with Crippen molar-refractivity contribution in [3.8, 4) is 11.4 Å². The lowest BCUT2D eigenvalue weighted by Crippen LogP contribution is -2.33. The molecule has 3 aromatic carbocycles. The molecule has 1 saturated heterocycles. The number of aromatic nitrogens is 2. The van der Waals surface area contributed by atoms with Crippen LogP contribution in [0.25, 0.3) is 16.5 Å². The van der Waals surface area contributed by atoms with E-state index >= 15 is 0 Å². The minimum atomic E-state index is -0.184. The summed E-state index contributed by atoms with van der Waals surface area (Å²) in [5.74, 6) is 0.736. The first kappa shape index (κ1) is 26.5. The Balaban J connectivity index is 1.31. The van der Waals surface area contributed by atoms with Gasteiger partial charge in [-0.05, 0) is 79.1 Å². The summed E-state index contributed by atoms with van der Waals surface area (Å²) in [4.78, 5) is 20.0. The number of nitrogens with one attached hydrogen (secondary N) is 2. The van der Waals surface area contributed by atoms with Gasteiger partial charge in [-0.1, -0.05) is 42.5 Å². The quantitative estimate of drug-likeness (QED) is 0.215. The van der Waals surface area contributed by atoms with Crippen LogP contribution in [-0.2, 0) is 4.79 Å². The number of fused-ring (bicyclic) bond motifs is 1. The molecule has 0 aliphatic carbocycles. The summed E-state index contributed by atoms with van der Waals surface area (Å²) in [6, 6.07) is 31.8. The van der Waals surface area contributed by atoms with Gasteiger partial charge in [0.1, 0.15) is 5.75 Å². The van der Waals surface area contributed by atoms with Crippen LogP contribution in [-0.4, -0.2) is 39.1 Å². The van der Waals surface area contributed by atoms with Crippen LogP contribution in [0.4, 0.5) is 5.69 Å². The molecule has 0 bridgehead atoms. The Kier molecular flexibility index (Phi) is 7.39. The van der Waals surface area contributed by atoms with Crippen molar-refractivity contribution in [1.29, 1.82) is 0 Å². The standard InChI is InChI=1S/C33H31N5O2S/c1-22-13-18-29(38(22)24-14-16-25(40-2)17-15-24)32-31(28-11-5-6-20-34-28)36-33(41)37(32)21-19-30(39)35-27-12-7-9-23-8-3-4-10-26(23)27/h3-18,20,31-32H,19,21H2,1-2H3,(H,35,39)(H,36,41)/t31-,32-/m1/s1. The van der Waals surface area contributed by atoms with E-state index in [4.69, 9.17) is 17.0 Å². The minimum Gasteiger partial charge on any atom is -0.497 e. The average molecular weight is 562 g/mol. The zero-order valence-corrected chi connectivity index (χ0v) is 23.8. The van der Waals surface area contributed by atoms with Crippen LogP contribution in [0.15, 0.2) is 103 Å². The fourth-order valence-electron chi connectivity index (χ4n) is 5.61. The van der Waals surface area contributed by atoms with Crippen LogP contribution in [0.2, 0.25) is 0 Å². The molecule has 1 aliphatic heterocycles. The number of hydrogen-bond acceptors (Lipinski definition) is 4. The van der Waals surface area contributed by atoms with Crippen LogP contribution in [0.5, 0.6) is 5.75 Å². The molecule has 5 aromatic rings. The van der Waals surface area contributed by atoms with Crippen molar-refractivity contribution >= 4 is 39.7 Å². The molecule has 3 heterocycles. The van der Waals surface area contributed by atoms with Gasteiger partial charge in [-0.3, -0.25) is 9.78 Å². The smallest absolute Gasteiger partial charge is 0.226 e. The minimum absolute atomic E-state index is 0.0640. The Morgan fingerprint density at radius 1 is 0.976 bits per heavy atom. The fraction of sp³-hybridized carbons (Fsp3) is 0.182. The summed E-state index contributed by atoms with van der Waals surface area (Å²) in [6.45, 7) is 2.54. The summed E-state index contributed by atoms with van der Waals surface area (Å²) in [6.07, 6.45) is 2.07. The summed E-state index contributed by atoms with van der Waals surface area (Å²) in [5.41, 5.74) is 4.88. The van der Waals surface area contributed by atoms with Gasteiger partial charge >= 0.3 is 0 Å². The number of pyridine rings is 1. The molecule has 41 heavy (non-hydrogen) atoms. The third kappa shape index (κ3) is 5.26. The number of rotatable bonds is 8. The molecule has 7 nitrogen and oxygen atoms in total. The molecule has 0 unspecified atom stereocenters. The fourth-order valence-corrected chi connectivity index (χ4v) is 5.94. The molecular weight excluding hydrogens is 530 g/mol. The van der Waals surface area contributed by atoms with Crippen molar-refractivity contribution in [2.75, 3.05) is 19.0 Å². The maximum Gasteiger partial charge on any atom is 0.226 e. The number of nitrogens with zero attached hydrogens (tertiary/aromatic N) is 3. The molecule has 206 valence electrons. The average Bonchev–Trinajstić information content (AvgIpc) is 3.55. The Hall–Kier alpha value is -4.69. The topological polar surface area (TPSA) is 71.4 Å². The monoisotopic (exact) mass is 561 g/mol. The van der Waals surface area contributed by atoms with Gasteiger partial charge in [0.05, 0.1) is 24.9 Å². The van der Waals surface area contributed by atoms with Crippen LogP contribution < -0.4 is 15.4 Å². The summed E-state index contributed by atoms with van der Waals surface area (Å²) in [5, 5.41) is 9.32. The molecule has 1 aliphatic rings. The van der Waals surface area contributed by atoms with Gasteiger partial charge < -0.3 is 24.8 Å². The van der Waals surface area contributed by atoms with Gasteiger partial charge in [0.25, 0.3) is 0 Å². The van der Waals surface area contributed by atoms with Crippen LogP contribution >= 0.6 is 12.2 Å². The van der Waals surface area contributed by atoms with E-state index in [2.05, 4.69) is 44.1 Å². The number of methoxy groups -OCH3 is 1. The molecule has 1 amide bonds. The Morgan fingerprint density at radius 3 is 2.54 bits per heavy atom. The highest BCUT2D eigenvalue weighted by molar-refractivity contribution is 7.80. The van der Waals surface area contributed by atoms with Gasteiger partial charge in [0.15, 0.2) is 5.11 Å². The Morgan fingerprint density at radius 2 is 1.76 bits per heavy atom. The second-order valence-electron chi connectivity index (χ2n) is 10.1. The lowest BCUT2D eigenvalue weighted by molar-refractivity contribution is -0.116. The van der Waals surface area contributed by atoms with E-state index < -0.39 is 0 Å². The number of benzene rings is 3. The molecule has 0 saturated carbocycles. The first-order chi connectivity index (χ1) is 20.0. The molecule has 2 N–H and O–H groups in total. The number of aryl methyl sites for hydroxylation is 1. The van der Waals surface area contributed by atoms with Crippen LogP contribution in [0.1, 0.15) is 35.6 Å². The second-order valence-corrected chi connectivity index (χ2v) is 10.5. The summed E-state index contributed by atoms with van der Waals surface area (Å²) >= 11 is 5.87. The van der Waals surface area contributed by atoms with E-state index in [0.717, 1.165) is 45.0 Å². The van der Waals surface area contributed by atoms with Gasteiger partial charge in [-0.2, -0.15) is 0 Å². The van der Waals surface area contributed by atoms with E-state index in [1.54, 1.807) is 13.3 Å². The molecule has 2 atom stereocenters. The first-order valence-corrected chi connectivity index (χ1v) is 14.0.